The highest BCUT2D eigenvalue weighted by Crippen LogP contribution is 2.39. The van der Waals surface area contributed by atoms with Crippen molar-refractivity contribution in [3.63, 3.8) is 0 Å². The van der Waals surface area contributed by atoms with Crippen LogP contribution in [0.3, 0.4) is 0 Å². The molecule has 2 heterocycles. The van der Waals surface area contributed by atoms with Gasteiger partial charge in [-0.1, -0.05) is 6.07 Å². The van der Waals surface area contributed by atoms with Gasteiger partial charge in [-0.25, -0.2) is 4.39 Å². The largest absolute Gasteiger partial charge is 0.299 e. The fourth-order valence-corrected chi connectivity index (χ4v) is 5.61. The molecule has 2 atom stereocenters. The number of carbonyl (C=O) groups excluding carboxylic acids is 1. The van der Waals surface area contributed by atoms with E-state index in [-0.39, 0.29) is 28.0 Å². The van der Waals surface area contributed by atoms with Crippen LogP contribution in [0.4, 0.5) is 4.39 Å². The minimum Gasteiger partial charge on any atom is -0.299 e. The topological polar surface area (TPSA) is 34.1 Å². The molecular formula is C16H19FO2S. The summed E-state index contributed by atoms with van der Waals surface area (Å²) in [5, 5.41) is 0.467. The van der Waals surface area contributed by atoms with E-state index in [0.717, 1.165) is 36.8 Å². The molecule has 0 aliphatic carbocycles. The molecule has 0 spiro atoms. The van der Waals surface area contributed by atoms with Gasteiger partial charge >= 0.3 is 0 Å². The van der Waals surface area contributed by atoms with Crippen LogP contribution in [0.1, 0.15) is 36.8 Å². The van der Waals surface area contributed by atoms with E-state index in [4.69, 9.17) is 0 Å². The van der Waals surface area contributed by atoms with Gasteiger partial charge in [0.25, 0.3) is 0 Å². The average molecular weight is 294 g/mol. The maximum atomic E-state index is 13.1. The second-order valence-corrected chi connectivity index (χ2v) is 8.02. The van der Waals surface area contributed by atoms with Gasteiger partial charge in [-0.2, -0.15) is 0 Å². The number of benzene rings is 1. The molecule has 0 amide bonds. The van der Waals surface area contributed by atoms with E-state index in [1.165, 1.54) is 12.1 Å². The standard InChI is InChI=1S/C16H19FO2S/c1-10-6-13(17)3-2-11(10)9-16(18)12-7-14-4-5-15(8-12)20(14)19/h2-3,6,12,14-15H,4-5,7-9H2,1H3. The van der Waals surface area contributed by atoms with Gasteiger partial charge in [-0.15, -0.1) is 0 Å². The monoisotopic (exact) mass is 294 g/mol. The van der Waals surface area contributed by atoms with Gasteiger partial charge in [-0.05, 0) is 55.9 Å². The minimum absolute atomic E-state index is 0.0506. The zero-order valence-electron chi connectivity index (χ0n) is 11.6. The summed E-state index contributed by atoms with van der Waals surface area (Å²) in [6.07, 6.45) is 3.96. The molecule has 2 aliphatic heterocycles. The second kappa shape index (κ2) is 5.40. The van der Waals surface area contributed by atoms with Gasteiger partial charge in [0, 0.05) is 33.6 Å². The summed E-state index contributed by atoms with van der Waals surface area (Å²) in [6, 6.07) is 4.59. The quantitative estimate of drug-likeness (QED) is 0.859. The Bertz CT molecular complexity index is 554. The predicted molar refractivity (Wildman–Crippen MR) is 77.5 cm³/mol. The molecule has 2 unspecified atom stereocenters. The fraction of sp³-hybridized carbons (Fsp3) is 0.562. The molecule has 1 aromatic rings. The Labute approximate surface area is 121 Å². The maximum absolute atomic E-state index is 13.1. The molecule has 2 nitrogen and oxygen atoms in total. The van der Waals surface area contributed by atoms with Crippen molar-refractivity contribution in [3.8, 4) is 0 Å². The minimum atomic E-state index is -0.712. The number of Topliss-reactive ketones (excluding diaryl/α,β-unsaturated/α-hetero) is 1. The zero-order chi connectivity index (χ0) is 14.3. The summed E-state index contributed by atoms with van der Waals surface area (Å²) in [4.78, 5) is 12.4. The van der Waals surface area contributed by atoms with Crippen LogP contribution >= 0.6 is 0 Å². The highest BCUT2D eigenvalue weighted by Gasteiger charge is 2.42. The van der Waals surface area contributed by atoms with Gasteiger partial charge < -0.3 is 0 Å². The van der Waals surface area contributed by atoms with Crippen molar-refractivity contribution in [2.45, 2.75) is 49.5 Å². The molecule has 2 fully saturated rings. The number of rotatable bonds is 3. The molecule has 3 rings (SSSR count). The van der Waals surface area contributed by atoms with E-state index in [1.807, 2.05) is 6.92 Å². The van der Waals surface area contributed by atoms with Gasteiger partial charge in [0.2, 0.25) is 0 Å². The van der Waals surface area contributed by atoms with Gasteiger partial charge in [0.05, 0.1) is 0 Å². The zero-order valence-corrected chi connectivity index (χ0v) is 12.4. The maximum Gasteiger partial charge on any atom is 0.140 e. The summed E-state index contributed by atoms with van der Waals surface area (Å²) < 4.78 is 25.0. The number of aryl methyl sites for hydroxylation is 1. The van der Waals surface area contributed by atoms with Crippen LogP contribution in [0, 0.1) is 18.7 Å². The highest BCUT2D eigenvalue weighted by molar-refractivity contribution is 7.86. The fourth-order valence-electron chi connectivity index (χ4n) is 3.49. The number of carbonyl (C=O) groups is 1. The summed E-state index contributed by atoms with van der Waals surface area (Å²) >= 11 is 0. The lowest BCUT2D eigenvalue weighted by Gasteiger charge is -2.26. The first-order valence-electron chi connectivity index (χ1n) is 7.21. The molecule has 0 saturated carbocycles. The number of ketones is 1. The molecule has 0 aromatic heterocycles. The SMILES string of the molecule is Cc1cc(F)ccc1CC(=O)C1CC2CCC(C1)S2=O. The summed E-state index contributed by atoms with van der Waals surface area (Å²) in [7, 11) is -0.712. The molecule has 0 radical (unpaired) electrons. The van der Waals surface area contributed by atoms with E-state index in [2.05, 4.69) is 0 Å². The molecule has 2 bridgehead atoms. The third kappa shape index (κ3) is 2.58. The Balaban J connectivity index is 1.69. The van der Waals surface area contributed by atoms with E-state index in [0.29, 0.717) is 6.42 Å². The normalized spacial score (nSPS) is 32.3. The van der Waals surface area contributed by atoms with Crippen LogP contribution < -0.4 is 0 Å². The summed E-state index contributed by atoms with van der Waals surface area (Å²) in [5.41, 5.74) is 1.75. The number of fused-ring (bicyclic) bond motifs is 2. The van der Waals surface area contributed by atoms with Crippen LogP contribution in [-0.2, 0) is 22.0 Å². The lowest BCUT2D eigenvalue weighted by atomic mass is 9.90. The molecule has 0 N–H and O–H groups in total. The number of hydrogen-bond acceptors (Lipinski definition) is 2. The predicted octanol–water partition coefficient (Wildman–Crippen LogP) is 2.94. The molecule has 108 valence electrons. The number of hydrogen-bond donors (Lipinski definition) is 0. The lowest BCUT2D eigenvalue weighted by molar-refractivity contribution is -0.122. The second-order valence-electron chi connectivity index (χ2n) is 6.03. The van der Waals surface area contributed by atoms with Crippen molar-refractivity contribution >= 4 is 16.6 Å². The van der Waals surface area contributed by atoms with Gasteiger partial charge in [0.1, 0.15) is 11.6 Å². The Morgan fingerprint density at radius 2 is 1.95 bits per heavy atom. The lowest BCUT2D eigenvalue weighted by Crippen LogP contribution is -2.33. The van der Waals surface area contributed by atoms with Crippen molar-refractivity contribution in [1.82, 2.24) is 0 Å². The average Bonchev–Trinajstić information content (AvgIpc) is 2.64. The highest BCUT2D eigenvalue weighted by atomic mass is 32.2. The Morgan fingerprint density at radius 1 is 1.30 bits per heavy atom. The van der Waals surface area contributed by atoms with Gasteiger partial charge in [0.15, 0.2) is 0 Å². The van der Waals surface area contributed by atoms with Crippen LogP contribution in [0.5, 0.6) is 0 Å². The molecule has 20 heavy (non-hydrogen) atoms. The molecule has 1 aromatic carbocycles. The Kier molecular flexibility index (Phi) is 3.76. The van der Waals surface area contributed by atoms with Crippen molar-refractivity contribution in [1.29, 1.82) is 0 Å². The van der Waals surface area contributed by atoms with Crippen LogP contribution in [0.15, 0.2) is 18.2 Å². The summed E-state index contributed by atoms with van der Waals surface area (Å²) in [6.45, 7) is 1.84. The Morgan fingerprint density at radius 3 is 2.55 bits per heavy atom. The third-order valence-electron chi connectivity index (χ3n) is 4.69. The van der Waals surface area contributed by atoms with E-state index in [1.54, 1.807) is 6.07 Å². The van der Waals surface area contributed by atoms with E-state index >= 15 is 0 Å². The van der Waals surface area contributed by atoms with Gasteiger partial charge in [-0.3, -0.25) is 9.00 Å². The summed E-state index contributed by atoms with van der Waals surface area (Å²) in [5.74, 6) is 0.0211. The van der Waals surface area contributed by atoms with Crippen molar-refractivity contribution in [2.24, 2.45) is 5.92 Å². The smallest absolute Gasteiger partial charge is 0.140 e. The van der Waals surface area contributed by atoms with E-state index in [9.17, 15) is 13.4 Å². The number of halogens is 1. The molecular weight excluding hydrogens is 275 g/mol. The Hall–Kier alpha value is -1.03. The third-order valence-corrected chi connectivity index (χ3v) is 6.86. The first-order valence-corrected chi connectivity index (χ1v) is 8.49. The molecule has 4 heteroatoms. The molecule has 2 saturated heterocycles. The van der Waals surface area contributed by atoms with Crippen molar-refractivity contribution in [2.75, 3.05) is 0 Å². The first kappa shape index (κ1) is 13.9. The van der Waals surface area contributed by atoms with Crippen LogP contribution in [-0.4, -0.2) is 20.5 Å². The van der Waals surface area contributed by atoms with Crippen LogP contribution in [0.25, 0.3) is 0 Å². The van der Waals surface area contributed by atoms with Crippen LogP contribution in [0.2, 0.25) is 0 Å². The first-order chi connectivity index (χ1) is 9.54. The van der Waals surface area contributed by atoms with Crippen molar-refractivity contribution in [3.05, 3.63) is 35.1 Å². The van der Waals surface area contributed by atoms with E-state index < -0.39 is 10.8 Å². The molecule has 2 aliphatic rings. The van der Waals surface area contributed by atoms with Crippen molar-refractivity contribution < 1.29 is 13.4 Å².